The van der Waals surface area contributed by atoms with Crippen molar-refractivity contribution in [3.05, 3.63) is 0 Å². The third kappa shape index (κ3) is 74.5. The van der Waals surface area contributed by atoms with Crippen LogP contribution >= 0.6 is 0 Å². The average molecular weight is 1730 g/mol. The Morgan fingerprint density at radius 3 is 0.336 bits per heavy atom. The molecule has 18 aliphatic carbocycles. The first kappa shape index (κ1) is 135. The van der Waals surface area contributed by atoms with Gasteiger partial charge in [-0.15, -0.1) is 0 Å². The third-order valence-electron chi connectivity index (χ3n) is 32.6. The van der Waals surface area contributed by atoms with Crippen LogP contribution in [0.2, 0.25) is 0 Å². The second kappa shape index (κ2) is 70.7. The number of hydrogen-bond donors (Lipinski definition) is 0. The molecule has 18 saturated carbocycles. The van der Waals surface area contributed by atoms with Gasteiger partial charge in [-0.05, 0) is 215 Å². The molecule has 18 rings (SSSR count). The second-order valence-corrected chi connectivity index (χ2v) is 52.4. The van der Waals surface area contributed by atoms with Crippen molar-refractivity contribution < 1.29 is 0 Å². The van der Waals surface area contributed by atoms with Gasteiger partial charge in [-0.2, -0.15) is 0 Å². The van der Waals surface area contributed by atoms with Crippen LogP contribution < -0.4 is 0 Å². The van der Waals surface area contributed by atoms with E-state index in [-0.39, 0.29) is 52.0 Å². The zero-order valence-electron chi connectivity index (χ0n) is 87.1. The van der Waals surface area contributed by atoms with Crippen LogP contribution in [-0.2, 0) is 0 Å². The van der Waals surface area contributed by atoms with Crippen molar-refractivity contribution in [3.63, 3.8) is 0 Å². The fourth-order valence-electron chi connectivity index (χ4n) is 19.8. The fourth-order valence-corrected chi connectivity index (χ4v) is 19.8. The van der Waals surface area contributed by atoms with Crippen LogP contribution in [0.5, 0.6) is 0 Å². The highest BCUT2D eigenvalue weighted by atomic mass is 14.4. The highest BCUT2D eigenvalue weighted by Crippen LogP contribution is 2.51. The van der Waals surface area contributed by atoms with E-state index in [1.165, 1.54) is 171 Å². The molecule has 0 radical (unpaired) electrons. The van der Waals surface area contributed by atoms with Crippen molar-refractivity contribution in [1.29, 1.82) is 0 Å². The van der Waals surface area contributed by atoms with Crippen molar-refractivity contribution in [1.82, 2.24) is 0 Å². The molecule has 0 aromatic carbocycles. The lowest BCUT2D eigenvalue weighted by Crippen LogP contribution is -2.28. The first-order valence-electron chi connectivity index (χ1n) is 53.5. The van der Waals surface area contributed by atoms with Crippen LogP contribution in [-0.4, -0.2) is 0 Å². The lowest BCUT2D eigenvalue weighted by molar-refractivity contribution is 0.116. The van der Waals surface area contributed by atoms with E-state index in [1.54, 1.807) is 244 Å². The van der Waals surface area contributed by atoms with E-state index in [0.29, 0.717) is 43.3 Å². The minimum atomic E-state index is 0. The molecule has 4 unspecified atom stereocenters. The Kier molecular flexibility index (Phi) is 78.3. The van der Waals surface area contributed by atoms with E-state index in [1.807, 2.05) is 0 Å². The molecule has 18 fully saturated rings. The van der Waals surface area contributed by atoms with Gasteiger partial charge in [0.25, 0.3) is 0 Å². The molecule has 122 heavy (non-hydrogen) atoms. The van der Waals surface area contributed by atoms with Crippen LogP contribution in [0.25, 0.3) is 0 Å². The summed E-state index contributed by atoms with van der Waals surface area (Å²) in [5, 5.41) is 0. The number of rotatable bonds is 0. The van der Waals surface area contributed by atoms with Crippen molar-refractivity contribution >= 4 is 0 Å². The maximum absolute atomic E-state index is 2.24. The molecule has 0 amide bonds. The molecule has 0 aromatic heterocycles. The molecular weight excluding hydrogens is 1470 g/mol. The Balaban J connectivity index is -0.000000231. The van der Waals surface area contributed by atoms with Crippen LogP contribution in [0.1, 0.15) is 665 Å². The van der Waals surface area contributed by atoms with E-state index in [9.17, 15) is 0 Å². The summed E-state index contributed by atoms with van der Waals surface area (Å²) in [5.41, 5.74) is 6.08. The SMILES string of the molecule is C.C.C.C.C.C.C.C1CC2CC(C1)C2.C1CC2CCC(C1)C2.C1CC2CCC(C1)C2.C1CC2CCC1C2.C1CC2CCC1CC2.C1CC2CCCC(C1)C2.C1CCC2(CC1)CCCC2.C1CCC2(CC1)CCCC2.CCC(C)(C)C.CCC(C)(C)C.CCC(C)(C)C.CCC(C)(C)C.CCC(C)(C)C.CCC(C)(C)C.CCC(C)(C)C.CCC(C)(C)C. The Hall–Kier alpha value is 0. The third-order valence-corrected chi connectivity index (χ3v) is 32.6. The summed E-state index contributed by atoms with van der Waals surface area (Å²) >= 11 is 0. The minimum absolute atomic E-state index is 0. The van der Waals surface area contributed by atoms with Crippen LogP contribution in [0.4, 0.5) is 0 Å². The molecule has 2 spiro atoms. The van der Waals surface area contributed by atoms with Gasteiger partial charge in [0.15, 0.2) is 0 Å². The summed E-state index contributed by atoms with van der Waals surface area (Å²) in [5.74, 6) is 14.0. The molecule has 0 heterocycles. The van der Waals surface area contributed by atoms with Gasteiger partial charge in [-0.1, -0.05) is 575 Å². The summed E-state index contributed by atoms with van der Waals surface area (Å²) in [6, 6.07) is 0. The average Bonchev–Trinajstić information content (AvgIpc) is 1.82. The molecule has 0 nitrogen and oxygen atoms in total. The van der Waals surface area contributed by atoms with Gasteiger partial charge in [-0.25, -0.2) is 0 Å². The highest BCUT2D eigenvalue weighted by molar-refractivity contribution is 4.90. The van der Waals surface area contributed by atoms with E-state index >= 15 is 0 Å². The first-order valence-corrected chi connectivity index (χ1v) is 53.5. The monoisotopic (exact) mass is 1720 g/mol. The summed E-state index contributed by atoms with van der Waals surface area (Å²) in [7, 11) is 0. The predicted molar refractivity (Wildman–Crippen MR) is 577 cm³/mol. The Bertz CT molecular complexity index is 1820. The predicted octanol–water partition coefficient (Wildman–Crippen LogP) is 46.1. The Morgan fingerprint density at radius 2 is 0.238 bits per heavy atom. The number of fused-ring (bicyclic) bond motifs is 13. The largest absolute Gasteiger partial charge is 0.0776 e. The molecule has 12 bridgehead atoms. The molecule has 0 saturated heterocycles. The maximum atomic E-state index is 2.24. The minimum Gasteiger partial charge on any atom is -0.0776 e. The van der Waals surface area contributed by atoms with E-state index in [0.717, 1.165) is 58.2 Å². The van der Waals surface area contributed by atoms with Gasteiger partial charge in [0.05, 0.1) is 0 Å². The lowest BCUT2D eigenvalue weighted by Gasteiger charge is -2.40. The van der Waals surface area contributed by atoms with Crippen molar-refractivity contribution in [2.45, 2.75) is 665 Å². The van der Waals surface area contributed by atoms with Gasteiger partial charge in [-0.3, -0.25) is 0 Å². The van der Waals surface area contributed by atoms with Gasteiger partial charge >= 0.3 is 0 Å². The van der Waals surface area contributed by atoms with E-state index in [4.69, 9.17) is 0 Å². The Morgan fingerprint density at radius 1 is 0.139 bits per heavy atom. The number of hydrogen-bond acceptors (Lipinski definition) is 0. The summed E-state index contributed by atoms with van der Waals surface area (Å²) in [4.78, 5) is 0. The molecule has 0 N–H and O–H groups in total. The fraction of sp³-hybridized carbons (Fsp3) is 1.00. The lowest BCUT2D eigenvalue weighted by atomic mass is 9.65. The maximum Gasteiger partial charge on any atom is -0.0297 e. The highest BCUT2D eigenvalue weighted by Gasteiger charge is 2.37. The summed E-state index contributed by atoms with van der Waals surface area (Å²) in [6.07, 6.45) is 92.5. The standard InChI is InChI=1S/2C10H18.C9H16.3C8H14.2C7H12.8C6H14.7CH4/c2*1-2-6-10(7-3-1)8-4-5-9-10;1-3-8-5-2-6-9(4-1)7-8;1-2-8-5-3-7(1)4-6-8;2*1-2-7-4-5-8(3-1)6-7;1-2-7-4-3-6(1)5-7;1-2-6-4-7(3-1)5-6;8*1-5-6(2,3)4;;;;;;;/h2*1-9H2;8-9H,1-7H2;3*7-8H,1-6H2;2*6-7H,1-5H2;8*5H2,1-4H3;7*1H4. The summed E-state index contributed by atoms with van der Waals surface area (Å²) < 4.78 is 0. The molecule has 18 aliphatic rings. The van der Waals surface area contributed by atoms with Crippen molar-refractivity contribution in [3.8, 4) is 0 Å². The van der Waals surface area contributed by atoms with E-state index < -0.39 is 0 Å². The molecule has 746 valence electrons. The summed E-state index contributed by atoms with van der Waals surface area (Å²) in [6.45, 7) is 71.5. The van der Waals surface area contributed by atoms with Crippen LogP contribution in [0, 0.1) is 125 Å². The van der Waals surface area contributed by atoms with Crippen LogP contribution in [0.15, 0.2) is 0 Å². The zero-order chi connectivity index (χ0) is 87.1. The van der Waals surface area contributed by atoms with Gasteiger partial charge in [0.1, 0.15) is 0 Å². The molecule has 0 heteroatoms. The second-order valence-electron chi connectivity index (χ2n) is 52.4. The molecule has 0 aliphatic heterocycles. The molecule has 4 atom stereocenters. The van der Waals surface area contributed by atoms with Gasteiger partial charge in [0, 0.05) is 0 Å². The normalized spacial score (nSPS) is 27.3. The van der Waals surface area contributed by atoms with Crippen molar-refractivity contribution in [2.75, 3.05) is 0 Å². The first-order chi connectivity index (χ1) is 53.5. The molecule has 0 aromatic rings. The van der Waals surface area contributed by atoms with Gasteiger partial charge < -0.3 is 0 Å². The quantitative estimate of drug-likeness (QED) is 0.227. The van der Waals surface area contributed by atoms with Crippen molar-refractivity contribution in [2.24, 2.45) is 125 Å². The zero-order valence-corrected chi connectivity index (χ0v) is 87.1. The smallest absolute Gasteiger partial charge is 0.0297 e. The Labute approximate surface area is 785 Å². The molecular formula is C122H258. The van der Waals surface area contributed by atoms with Gasteiger partial charge in [0.2, 0.25) is 0 Å². The van der Waals surface area contributed by atoms with Crippen LogP contribution in [0.3, 0.4) is 0 Å². The topological polar surface area (TPSA) is 0 Å². The van der Waals surface area contributed by atoms with E-state index in [2.05, 4.69) is 222 Å².